The molecule has 0 saturated carbocycles. The average Bonchev–Trinajstić information content (AvgIpc) is 2.80. The van der Waals surface area contributed by atoms with Gasteiger partial charge in [0, 0.05) is 6.04 Å². The number of carboxylic acid groups (broad SMARTS) is 1. The number of hydrogen-bond acceptors (Lipinski definition) is 2. The molecule has 1 aliphatic carbocycles. The summed E-state index contributed by atoms with van der Waals surface area (Å²) in [5, 5.41) is 11.6. The Bertz CT molecular complexity index is 510. The van der Waals surface area contributed by atoms with Crippen LogP contribution in [0.1, 0.15) is 12.0 Å². The molecule has 100 valence electrons. The lowest BCUT2D eigenvalue weighted by Crippen LogP contribution is -2.34. The number of halogens is 1. The quantitative estimate of drug-likeness (QED) is 0.809. The Balaban J connectivity index is 1.84. The Morgan fingerprint density at radius 1 is 1.26 bits per heavy atom. The number of nitrogens with one attached hydrogen (secondary N) is 1. The van der Waals surface area contributed by atoms with E-state index in [1.54, 1.807) is 24.3 Å². The Morgan fingerprint density at radius 3 is 2.53 bits per heavy atom. The van der Waals surface area contributed by atoms with Crippen LogP contribution < -0.4 is 5.32 Å². The Kier molecular flexibility index (Phi) is 3.94. The first-order valence-corrected chi connectivity index (χ1v) is 5.99. The molecule has 0 radical (unpaired) electrons. The third-order valence-corrected chi connectivity index (χ3v) is 3.03. The van der Waals surface area contributed by atoms with Crippen molar-refractivity contribution in [2.75, 3.05) is 0 Å². The van der Waals surface area contributed by atoms with Crippen molar-refractivity contribution in [2.45, 2.75) is 18.9 Å². The lowest BCUT2D eigenvalue weighted by atomic mass is 10.1. The van der Waals surface area contributed by atoms with Gasteiger partial charge in [-0.1, -0.05) is 24.3 Å². The molecule has 0 aliphatic heterocycles. The first kappa shape index (κ1) is 13.3. The molecule has 0 fully saturated rings. The van der Waals surface area contributed by atoms with E-state index in [1.165, 1.54) is 12.1 Å². The highest BCUT2D eigenvalue weighted by molar-refractivity contribution is 5.79. The van der Waals surface area contributed by atoms with Crippen LogP contribution in [0.25, 0.3) is 0 Å². The standard InChI is InChI=1S/C14H14FNO3/c15-11-4-1-9(2-5-11)7-13(17)16-12-6-3-10(8-12)14(18)19/h1-6,10,12H,7-8H2,(H,16,17)(H,18,19). The molecule has 2 rings (SSSR count). The second-order valence-electron chi connectivity index (χ2n) is 4.54. The number of benzene rings is 1. The monoisotopic (exact) mass is 263 g/mol. The van der Waals surface area contributed by atoms with E-state index in [0.29, 0.717) is 6.42 Å². The van der Waals surface area contributed by atoms with Gasteiger partial charge in [0.2, 0.25) is 5.91 Å². The summed E-state index contributed by atoms with van der Waals surface area (Å²) >= 11 is 0. The van der Waals surface area contributed by atoms with Crippen molar-refractivity contribution in [1.82, 2.24) is 5.32 Å². The number of carbonyl (C=O) groups is 2. The summed E-state index contributed by atoms with van der Waals surface area (Å²) in [5.74, 6) is -1.96. The van der Waals surface area contributed by atoms with Crippen molar-refractivity contribution in [3.05, 3.63) is 47.8 Å². The van der Waals surface area contributed by atoms with E-state index < -0.39 is 11.9 Å². The van der Waals surface area contributed by atoms with Gasteiger partial charge in [0.05, 0.1) is 12.3 Å². The fourth-order valence-electron chi connectivity index (χ4n) is 2.03. The summed E-state index contributed by atoms with van der Waals surface area (Å²) in [6.07, 6.45) is 3.82. The average molecular weight is 263 g/mol. The summed E-state index contributed by atoms with van der Waals surface area (Å²) < 4.78 is 12.7. The van der Waals surface area contributed by atoms with Gasteiger partial charge in [-0.15, -0.1) is 0 Å². The summed E-state index contributed by atoms with van der Waals surface area (Å²) in [5.41, 5.74) is 0.718. The van der Waals surface area contributed by atoms with Gasteiger partial charge in [0.25, 0.3) is 0 Å². The molecule has 0 heterocycles. The lowest BCUT2D eigenvalue weighted by Gasteiger charge is -2.12. The van der Waals surface area contributed by atoms with Crippen LogP contribution in [0, 0.1) is 11.7 Å². The summed E-state index contributed by atoms with van der Waals surface area (Å²) in [6, 6.07) is 5.48. The Hall–Kier alpha value is -2.17. The van der Waals surface area contributed by atoms with Crippen molar-refractivity contribution in [3.8, 4) is 0 Å². The second-order valence-corrected chi connectivity index (χ2v) is 4.54. The third kappa shape index (κ3) is 3.64. The molecule has 19 heavy (non-hydrogen) atoms. The molecule has 2 atom stereocenters. The maximum atomic E-state index is 12.7. The van der Waals surface area contributed by atoms with E-state index in [4.69, 9.17) is 5.11 Å². The van der Waals surface area contributed by atoms with Gasteiger partial charge in [0.1, 0.15) is 5.82 Å². The molecule has 2 N–H and O–H groups in total. The Labute approximate surface area is 109 Å². The molecule has 2 unspecified atom stereocenters. The fourth-order valence-corrected chi connectivity index (χ4v) is 2.03. The van der Waals surface area contributed by atoms with Crippen molar-refractivity contribution in [1.29, 1.82) is 0 Å². The van der Waals surface area contributed by atoms with Crippen LogP contribution in [0.3, 0.4) is 0 Å². The SMILES string of the molecule is O=C(Cc1ccc(F)cc1)NC1C=CC(C(=O)O)C1. The number of aliphatic carboxylic acids is 1. The molecule has 0 saturated heterocycles. The number of carboxylic acids is 1. The zero-order valence-electron chi connectivity index (χ0n) is 10.2. The summed E-state index contributed by atoms with van der Waals surface area (Å²) in [7, 11) is 0. The molecule has 0 aromatic heterocycles. The van der Waals surface area contributed by atoms with Crippen LogP contribution in [0.5, 0.6) is 0 Å². The van der Waals surface area contributed by atoms with Crippen molar-refractivity contribution >= 4 is 11.9 Å². The predicted molar refractivity (Wildman–Crippen MR) is 66.9 cm³/mol. The third-order valence-electron chi connectivity index (χ3n) is 3.03. The number of rotatable bonds is 4. The van der Waals surface area contributed by atoms with E-state index in [1.807, 2.05) is 0 Å². The smallest absolute Gasteiger partial charge is 0.310 e. The van der Waals surface area contributed by atoms with Crippen molar-refractivity contribution in [2.24, 2.45) is 5.92 Å². The Morgan fingerprint density at radius 2 is 1.95 bits per heavy atom. The lowest BCUT2D eigenvalue weighted by molar-refractivity contribution is -0.140. The second kappa shape index (κ2) is 5.65. The van der Waals surface area contributed by atoms with Gasteiger partial charge in [0.15, 0.2) is 0 Å². The molecular formula is C14H14FNO3. The minimum atomic E-state index is -0.883. The van der Waals surface area contributed by atoms with E-state index in [9.17, 15) is 14.0 Å². The van der Waals surface area contributed by atoms with Gasteiger partial charge in [-0.25, -0.2) is 4.39 Å². The highest BCUT2D eigenvalue weighted by Gasteiger charge is 2.25. The highest BCUT2D eigenvalue weighted by Crippen LogP contribution is 2.18. The van der Waals surface area contributed by atoms with Crippen molar-refractivity contribution in [3.63, 3.8) is 0 Å². The van der Waals surface area contributed by atoms with Gasteiger partial charge < -0.3 is 10.4 Å². The predicted octanol–water partition coefficient (Wildman–Crippen LogP) is 1.51. The molecule has 0 spiro atoms. The largest absolute Gasteiger partial charge is 0.481 e. The minimum Gasteiger partial charge on any atom is -0.481 e. The van der Waals surface area contributed by atoms with Crippen LogP contribution in [0.2, 0.25) is 0 Å². The molecular weight excluding hydrogens is 249 g/mol. The van der Waals surface area contributed by atoms with Gasteiger partial charge in [-0.05, 0) is 24.1 Å². The summed E-state index contributed by atoms with van der Waals surface area (Å²) in [4.78, 5) is 22.5. The van der Waals surface area contributed by atoms with Gasteiger partial charge in [-0.2, -0.15) is 0 Å². The van der Waals surface area contributed by atoms with Gasteiger partial charge in [-0.3, -0.25) is 9.59 Å². The molecule has 1 aromatic rings. The van der Waals surface area contributed by atoms with Gasteiger partial charge >= 0.3 is 5.97 Å². The normalized spacial score (nSPS) is 21.3. The van der Waals surface area contributed by atoms with Crippen LogP contribution >= 0.6 is 0 Å². The number of carbonyl (C=O) groups excluding carboxylic acids is 1. The first-order valence-electron chi connectivity index (χ1n) is 5.99. The van der Waals surface area contributed by atoms with E-state index in [0.717, 1.165) is 5.56 Å². The highest BCUT2D eigenvalue weighted by atomic mass is 19.1. The van der Waals surface area contributed by atoms with E-state index in [2.05, 4.69) is 5.32 Å². The number of hydrogen-bond donors (Lipinski definition) is 2. The van der Waals surface area contributed by atoms with Crippen molar-refractivity contribution < 1.29 is 19.1 Å². The van der Waals surface area contributed by atoms with E-state index >= 15 is 0 Å². The zero-order chi connectivity index (χ0) is 13.8. The molecule has 1 aliphatic rings. The van der Waals surface area contributed by atoms with Crippen LogP contribution in [-0.2, 0) is 16.0 Å². The minimum absolute atomic E-state index is 0.155. The molecule has 4 nitrogen and oxygen atoms in total. The summed E-state index contributed by atoms with van der Waals surface area (Å²) in [6.45, 7) is 0. The van der Waals surface area contributed by atoms with E-state index in [-0.39, 0.29) is 24.2 Å². The topological polar surface area (TPSA) is 66.4 Å². The molecule has 5 heteroatoms. The molecule has 0 bridgehead atoms. The number of amides is 1. The molecule has 1 aromatic carbocycles. The van der Waals surface area contributed by atoms with Crippen LogP contribution in [-0.4, -0.2) is 23.0 Å². The fraction of sp³-hybridized carbons (Fsp3) is 0.286. The first-order chi connectivity index (χ1) is 9.04. The van der Waals surface area contributed by atoms with Crippen LogP contribution in [0.15, 0.2) is 36.4 Å². The maximum absolute atomic E-state index is 12.7. The van der Waals surface area contributed by atoms with Crippen LogP contribution in [0.4, 0.5) is 4.39 Å². The maximum Gasteiger partial charge on any atom is 0.310 e. The zero-order valence-corrected chi connectivity index (χ0v) is 10.2. The molecule has 1 amide bonds.